The standard InChI is InChI=1S/C14H19ClN2O3/c1-9-5-6-10(15)11(7-9)20-8-12(18)16-13(19)17-14(2,3)4/h5-7H,8H2,1-4H3,(H2,16,17,18,19). The van der Waals surface area contributed by atoms with Crippen molar-refractivity contribution in [2.75, 3.05) is 6.61 Å². The first-order chi connectivity index (χ1) is 9.17. The number of nitrogens with one attached hydrogen (secondary N) is 2. The number of carbonyl (C=O) groups excluding carboxylic acids is 2. The van der Waals surface area contributed by atoms with E-state index in [2.05, 4.69) is 10.6 Å². The Morgan fingerprint density at radius 1 is 1.30 bits per heavy atom. The lowest BCUT2D eigenvalue weighted by molar-refractivity contribution is -0.122. The monoisotopic (exact) mass is 298 g/mol. The van der Waals surface area contributed by atoms with E-state index in [9.17, 15) is 9.59 Å². The van der Waals surface area contributed by atoms with E-state index in [-0.39, 0.29) is 6.61 Å². The molecule has 5 nitrogen and oxygen atoms in total. The number of imide groups is 1. The van der Waals surface area contributed by atoms with Crippen molar-refractivity contribution in [2.45, 2.75) is 33.2 Å². The van der Waals surface area contributed by atoms with Crippen LogP contribution in [-0.4, -0.2) is 24.1 Å². The highest BCUT2D eigenvalue weighted by atomic mass is 35.5. The third-order valence-corrected chi connectivity index (χ3v) is 2.50. The number of urea groups is 1. The highest BCUT2D eigenvalue weighted by molar-refractivity contribution is 6.32. The Balaban J connectivity index is 2.48. The summed E-state index contributed by atoms with van der Waals surface area (Å²) in [5, 5.41) is 5.22. The normalized spacial score (nSPS) is 10.8. The molecule has 1 rings (SSSR count). The summed E-state index contributed by atoms with van der Waals surface area (Å²) in [5.74, 6) is -0.123. The molecular formula is C14H19ClN2O3. The Labute approximate surface area is 123 Å². The maximum Gasteiger partial charge on any atom is 0.321 e. The summed E-state index contributed by atoms with van der Waals surface area (Å²) in [6.45, 7) is 7.07. The molecular weight excluding hydrogens is 280 g/mol. The summed E-state index contributed by atoms with van der Waals surface area (Å²) in [6, 6.07) is 4.70. The van der Waals surface area contributed by atoms with E-state index in [1.807, 2.05) is 33.8 Å². The van der Waals surface area contributed by atoms with E-state index in [1.54, 1.807) is 12.1 Å². The van der Waals surface area contributed by atoms with Crippen LogP contribution in [0.4, 0.5) is 4.79 Å². The van der Waals surface area contributed by atoms with Gasteiger partial charge < -0.3 is 10.1 Å². The zero-order valence-corrected chi connectivity index (χ0v) is 12.8. The van der Waals surface area contributed by atoms with Crippen LogP contribution in [0.25, 0.3) is 0 Å². The lowest BCUT2D eigenvalue weighted by Gasteiger charge is -2.20. The van der Waals surface area contributed by atoms with Crippen LogP contribution in [0.15, 0.2) is 18.2 Å². The zero-order chi connectivity index (χ0) is 15.3. The van der Waals surface area contributed by atoms with Gasteiger partial charge in [-0.25, -0.2) is 4.79 Å². The molecule has 0 atom stereocenters. The maximum absolute atomic E-state index is 11.6. The van der Waals surface area contributed by atoms with Gasteiger partial charge in [-0.15, -0.1) is 0 Å². The van der Waals surface area contributed by atoms with Gasteiger partial charge in [-0.2, -0.15) is 0 Å². The Kier molecular flexibility index (Phi) is 5.39. The quantitative estimate of drug-likeness (QED) is 0.901. The third kappa shape index (κ3) is 5.93. The molecule has 0 aliphatic carbocycles. The largest absolute Gasteiger partial charge is 0.482 e. The van der Waals surface area contributed by atoms with Gasteiger partial charge >= 0.3 is 6.03 Å². The first-order valence-electron chi connectivity index (χ1n) is 6.18. The van der Waals surface area contributed by atoms with Crippen molar-refractivity contribution in [3.8, 4) is 5.75 Å². The van der Waals surface area contributed by atoms with Crippen LogP contribution in [0.5, 0.6) is 5.75 Å². The second-order valence-corrected chi connectivity index (χ2v) is 5.88. The molecule has 0 bridgehead atoms. The van der Waals surface area contributed by atoms with Crippen LogP contribution >= 0.6 is 11.6 Å². The molecule has 0 fully saturated rings. The fourth-order valence-corrected chi connectivity index (χ4v) is 1.57. The summed E-state index contributed by atoms with van der Waals surface area (Å²) in [4.78, 5) is 23.0. The number of rotatable bonds is 3. The molecule has 1 aromatic rings. The van der Waals surface area contributed by atoms with Crippen molar-refractivity contribution in [1.29, 1.82) is 0 Å². The molecule has 0 unspecified atom stereocenters. The summed E-state index contributed by atoms with van der Waals surface area (Å²) >= 11 is 5.94. The minimum Gasteiger partial charge on any atom is -0.482 e. The molecule has 0 aromatic heterocycles. The minimum absolute atomic E-state index is 0.277. The molecule has 0 aliphatic heterocycles. The van der Waals surface area contributed by atoms with Crippen molar-refractivity contribution in [3.05, 3.63) is 28.8 Å². The molecule has 3 amide bonds. The predicted molar refractivity (Wildman–Crippen MR) is 78.1 cm³/mol. The smallest absolute Gasteiger partial charge is 0.321 e. The van der Waals surface area contributed by atoms with Gasteiger partial charge in [0.1, 0.15) is 5.75 Å². The Morgan fingerprint density at radius 3 is 2.55 bits per heavy atom. The summed E-state index contributed by atoms with van der Waals surface area (Å²) in [5.41, 5.74) is 0.556. The molecule has 1 aromatic carbocycles. The van der Waals surface area contributed by atoms with Crippen molar-refractivity contribution in [1.82, 2.24) is 10.6 Å². The molecule has 0 heterocycles. The van der Waals surface area contributed by atoms with E-state index < -0.39 is 17.5 Å². The molecule has 0 spiro atoms. The highest BCUT2D eigenvalue weighted by Gasteiger charge is 2.16. The molecule has 0 aliphatic rings. The summed E-state index contributed by atoms with van der Waals surface area (Å²) in [7, 11) is 0. The van der Waals surface area contributed by atoms with E-state index >= 15 is 0 Å². The molecule has 0 radical (unpaired) electrons. The molecule has 0 saturated heterocycles. The van der Waals surface area contributed by atoms with Crippen molar-refractivity contribution in [2.24, 2.45) is 0 Å². The summed E-state index contributed by atoms with van der Waals surface area (Å²) in [6.07, 6.45) is 0. The lowest BCUT2D eigenvalue weighted by atomic mass is 10.1. The van der Waals surface area contributed by atoms with Crippen LogP contribution in [0.2, 0.25) is 5.02 Å². The number of hydrogen-bond acceptors (Lipinski definition) is 3. The van der Waals surface area contributed by atoms with Crippen LogP contribution in [0.1, 0.15) is 26.3 Å². The fourth-order valence-electron chi connectivity index (χ4n) is 1.40. The van der Waals surface area contributed by atoms with Gasteiger partial charge in [-0.3, -0.25) is 10.1 Å². The topological polar surface area (TPSA) is 67.4 Å². The second-order valence-electron chi connectivity index (χ2n) is 5.47. The molecule has 2 N–H and O–H groups in total. The van der Waals surface area contributed by atoms with Gasteiger partial charge in [-0.05, 0) is 45.4 Å². The van der Waals surface area contributed by atoms with E-state index in [0.717, 1.165) is 5.56 Å². The second kappa shape index (κ2) is 6.61. The number of benzene rings is 1. The van der Waals surface area contributed by atoms with E-state index in [1.165, 1.54) is 0 Å². The fraction of sp³-hybridized carbons (Fsp3) is 0.429. The first kappa shape index (κ1) is 16.3. The van der Waals surface area contributed by atoms with Crippen molar-refractivity contribution in [3.63, 3.8) is 0 Å². The van der Waals surface area contributed by atoms with Gasteiger partial charge in [-0.1, -0.05) is 17.7 Å². The minimum atomic E-state index is -0.554. The SMILES string of the molecule is Cc1ccc(Cl)c(OCC(=O)NC(=O)NC(C)(C)C)c1. The van der Waals surface area contributed by atoms with Gasteiger partial charge in [0.05, 0.1) is 5.02 Å². The number of amides is 3. The number of hydrogen-bond donors (Lipinski definition) is 2. The molecule has 20 heavy (non-hydrogen) atoms. The number of ether oxygens (including phenoxy) is 1. The zero-order valence-electron chi connectivity index (χ0n) is 12.0. The van der Waals surface area contributed by atoms with Gasteiger partial charge in [0.2, 0.25) is 0 Å². The molecule has 110 valence electrons. The average molecular weight is 299 g/mol. The van der Waals surface area contributed by atoms with Gasteiger partial charge in [0.25, 0.3) is 5.91 Å². The lowest BCUT2D eigenvalue weighted by Crippen LogP contribution is -2.49. The number of carbonyl (C=O) groups is 2. The van der Waals surface area contributed by atoms with Crippen LogP contribution < -0.4 is 15.4 Å². The Hall–Kier alpha value is -1.75. The van der Waals surface area contributed by atoms with Crippen LogP contribution in [-0.2, 0) is 4.79 Å². The highest BCUT2D eigenvalue weighted by Crippen LogP contribution is 2.24. The average Bonchev–Trinajstić information content (AvgIpc) is 2.27. The molecule has 0 saturated carbocycles. The maximum atomic E-state index is 11.6. The number of aryl methyl sites for hydroxylation is 1. The van der Waals surface area contributed by atoms with Gasteiger partial charge in [0, 0.05) is 5.54 Å². The van der Waals surface area contributed by atoms with E-state index in [4.69, 9.17) is 16.3 Å². The van der Waals surface area contributed by atoms with Crippen molar-refractivity contribution < 1.29 is 14.3 Å². The van der Waals surface area contributed by atoms with Crippen LogP contribution in [0, 0.1) is 6.92 Å². The molecule has 6 heteroatoms. The Morgan fingerprint density at radius 2 is 1.95 bits per heavy atom. The van der Waals surface area contributed by atoms with E-state index in [0.29, 0.717) is 10.8 Å². The van der Waals surface area contributed by atoms with Crippen molar-refractivity contribution >= 4 is 23.5 Å². The summed E-state index contributed by atoms with van der Waals surface area (Å²) < 4.78 is 5.29. The number of halogens is 1. The first-order valence-corrected chi connectivity index (χ1v) is 6.56. The third-order valence-electron chi connectivity index (χ3n) is 2.19. The van der Waals surface area contributed by atoms with Crippen LogP contribution in [0.3, 0.4) is 0 Å². The predicted octanol–water partition coefficient (Wildman–Crippen LogP) is 2.65. The van der Waals surface area contributed by atoms with Gasteiger partial charge in [0.15, 0.2) is 6.61 Å². The Bertz CT molecular complexity index is 510.